The number of hydrogen-bond acceptors (Lipinski definition) is 5. The first-order chi connectivity index (χ1) is 10.8. The zero-order valence-electron chi connectivity index (χ0n) is 13.5. The SMILES string of the molecule is CC(C)CC(C(=O)NO)C(=O)NC(C)C(=O)NCc1ccco1. The summed E-state index contributed by atoms with van der Waals surface area (Å²) < 4.78 is 5.09. The largest absolute Gasteiger partial charge is 0.467 e. The molecule has 1 aromatic heterocycles. The summed E-state index contributed by atoms with van der Waals surface area (Å²) in [4.78, 5) is 35.7. The van der Waals surface area contributed by atoms with Gasteiger partial charge >= 0.3 is 0 Å². The van der Waals surface area contributed by atoms with Crippen molar-refractivity contribution in [1.29, 1.82) is 0 Å². The van der Waals surface area contributed by atoms with Gasteiger partial charge in [-0.1, -0.05) is 13.8 Å². The van der Waals surface area contributed by atoms with Crippen LogP contribution in [0, 0.1) is 11.8 Å². The van der Waals surface area contributed by atoms with Crippen molar-refractivity contribution < 1.29 is 24.0 Å². The van der Waals surface area contributed by atoms with E-state index in [9.17, 15) is 14.4 Å². The van der Waals surface area contributed by atoms with Crippen LogP contribution in [0.25, 0.3) is 0 Å². The predicted molar refractivity (Wildman–Crippen MR) is 81.0 cm³/mol. The summed E-state index contributed by atoms with van der Waals surface area (Å²) in [5.41, 5.74) is 1.48. The highest BCUT2D eigenvalue weighted by molar-refractivity contribution is 6.01. The minimum absolute atomic E-state index is 0.0751. The smallest absolute Gasteiger partial charge is 0.255 e. The molecule has 0 radical (unpaired) electrons. The minimum Gasteiger partial charge on any atom is -0.467 e. The number of carbonyl (C=O) groups is 3. The molecular formula is C15H23N3O5. The van der Waals surface area contributed by atoms with Crippen LogP contribution in [0.5, 0.6) is 0 Å². The van der Waals surface area contributed by atoms with Gasteiger partial charge in [0.1, 0.15) is 17.7 Å². The van der Waals surface area contributed by atoms with Crippen LogP contribution in [-0.4, -0.2) is 29.0 Å². The molecule has 23 heavy (non-hydrogen) atoms. The fourth-order valence-electron chi connectivity index (χ4n) is 2.00. The Kier molecular flexibility index (Phi) is 7.27. The third kappa shape index (κ3) is 6.11. The van der Waals surface area contributed by atoms with Gasteiger partial charge in [0.15, 0.2) is 0 Å². The average molecular weight is 325 g/mol. The van der Waals surface area contributed by atoms with Gasteiger partial charge in [-0.15, -0.1) is 0 Å². The van der Waals surface area contributed by atoms with Gasteiger partial charge in [-0.05, 0) is 31.4 Å². The van der Waals surface area contributed by atoms with Gasteiger partial charge in [0, 0.05) is 0 Å². The molecule has 3 amide bonds. The van der Waals surface area contributed by atoms with E-state index in [4.69, 9.17) is 9.62 Å². The Bertz CT molecular complexity index is 527. The highest BCUT2D eigenvalue weighted by atomic mass is 16.5. The average Bonchev–Trinajstić information content (AvgIpc) is 3.02. The molecule has 1 heterocycles. The predicted octanol–water partition coefficient (Wildman–Crippen LogP) is 0.568. The molecule has 0 saturated heterocycles. The molecular weight excluding hydrogens is 302 g/mol. The van der Waals surface area contributed by atoms with Crippen molar-refractivity contribution in [2.24, 2.45) is 11.8 Å². The Labute approximate surface area is 134 Å². The van der Waals surface area contributed by atoms with Crippen molar-refractivity contribution in [2.45, 2.75) is 39.8 Å². The van der Waals surface area contributed by atoms with Gasteiger partial charge in [-0.3, -0.25) is 19.6 Å². The summed E-state index contributed by atoms with van der Waals surface area (Å²) in [6.45, 7) is 5.42. The first kappa shape index (κ1) is 18.7. The van der Waals surface area contributed by atoms with Gasteiger partial charge in [-0.25, -0.2) is 5.48 Å². The molecule has 128 valence electrons. The molecule has 8 heteroatoms. The van der Waals surface area contributed by atoms with Gasteiger partial charge < -0.3 is 15.1 Å². The molecule has 2 unspecified atom stereocenters. The summed E-state index contributed by atoms with van der Waals surface area (Å²) in [6, 6.07) is 2.60. The number of nitrogens with one attached hydrogen (secondary N) is 3. The Morgan fingerprint density at radius 2 is 1.87 bits per heavy atom. The molecule has 1 aromatic rings. The van der Waals surface area contributed by atoms with Crippen molar-refractivity contribution in [3.63, 3.8) is 0 Å². The van der Waals surface area contributed by atoms with Crippen molar-refractivity contribution in [1.82, 2.24) is 16.1 Å². The number of hydroxylamine groups is 1. The van der Waals surface area contributed by atoms with Crippen LogP contribution in [0.15, 0.2) is 22.8 Å². The van der Waals surface area contributed by atoms with Crippen LogP contribution >= 0.6 is 0 Å². The quantitative estimate of drug-likeness (QED) is 0.316. The Balaban J connectivity index is 2.54. The number of amides is 3. The third-order valence-corrected chi connectivity index (χ3v) is 3.22. The van der Waals surface area contributed by atoms with Crippen LogP contribution < -0.4 is 16.1 Å². The van der Waals surface area contributed by atoms with E-state index in [1.165, 1.54) is 18.7 Å². The molecule has 0 aliphatic heterocycles. The molecule has 4 N–H and O–H groups in total. The van der Waals surface area contributed by atoms with E-state index in [0.29, 0.717) is 5.76 Å². The molecule has 8 nitrogen and oxygen atoms in total. The lowest BCUT2D eigenvalue weighted by atomic mass is 9.95. The molecule has 0 aliphatic carbocycles. The molecule has 1 rings (SSSR count). The molecule has 0 aromatic carbocycles. The second-order valence-corrected chi connectivity index (χ2v) is 5.69. The minimum atomic E-state index is -1.06. The van der Waals surface area contributed by atoms with Gasteiger partial charge in [0.25, 0.3) is 5.91 Å². The van der Waals surface area contributed by atoms with Crippen LogP contribution in [0.3, 0.4) is 0 Å². The maximum absolute atomic E-state index is 12.1. The first-order valence-corrected chi connectivity index (χ1v) is 7.39. The fourth-order valence-corrected chi connectivity index (χ4v) is 2.00. The summed E-state index contributed by atoms with van der Waals surface area (Å²) in [5, 5.41) is 13.8. The summed E-state index contributed by atoms with van der Waals surface area (Å²) in [7, 11) is 0. The van der Waals surface area contributed by atoms with Crippen LogP contribution in [0.4, 0.5) is 0 Å². The highest BCUT2D eigenvalue weighted by Crippen LogP contribution is 2.12. The normalized spacial score (nSPS) is 13.3. The standard InChI is InChI=1S/C15H23N3O5/c1-9(2)7-12(15(21)18-22)14(20)17-10(3)13(19)16-8-11-5-4-6-23-11/h4-6,9-10,12,22H,7-8H2,1-3H3,(H,16,19)(H,17,20)(H,18,21). The van der Waals surface area contributed by atoms with E-state index >= 15 is 0 Å². The van der Waals surface area contributed by atoms with Crippen LogP contribution in [0.1, 0.15) is 33.0 Å². The monoisotopic (exact) mass is 325 g/mol. The van der Waals surface area contributed by atoms with E-state index in [1.807, 2.05) is 13.8 Å². The summed E-state index contributed by atoms with van der Waals surface area (Å²) in [6.07, 6.45) is 1.76. The Morgan fingerprint density at radius 1 is 1.17 bits per heavy atom. The molecule has 0 bridgehead atoms. The molecule has 0 fully saturated rings. The van der Waals surface area contributed by atoms with Gasteiger partial charge in [0.2, 0.25) is 11.8 Å². The van der Waals surface area contributed by atoms with Crippen LogP contribution in [-0.2, 0) is 20.9 Å². The summed E-state index contributed by atoms with van der Waals surface area (Å²) >= 11 is 0. The van der Waals surface area contributed by atoms with Gasteiger partial charge in [-0.2, -0.15) is 0 Å². The Hall–Kier alpha value is -2.35. The summed E-state index contributed by atoms with van der Waals surface area (Å²) in [5.74, 6) is -2.19. The van der Waals surface area contributed by atoms with Crippen molar-refractivity contribution >= 4 is 17.7 Å². The first-order valence-electron chi connectivity index (χ1n) is 7.39. The molecule has 0 aliphatic rings. The van der Waals surface area contributed by atoms with Crippen molar-refractivity contribution in [3.05, 3.63) is 24.2 Å². The maximum atomic E-state index is 12.1. The van der Waals surface area contributed by atoms with Crippen molar-refractivity contribution in [3.8, 4) is 0 Å². The lowest BCUT2D eigenvalue weighted by Gasteiger charge is -2.19. The van der Waals surface area contributed by atoms with Crippen molar-refractivity contribution in [2.75, 3.05) is 0 Å². The Morgan fingerprint density at radius 3 is 2.39 bits per heavy atom. The molecule has 0 saturated carbocycles. The molecule has 0 spiro atoms. The second kappa shape index (κ2) is 8.94. The second-order valence-electron chi connectivity index (χ2n) is 5.69. The van der Waals surface area contributed by atoms with Crippen LogP contribution in [0.2, 0.25) is 0 Å². The van der Waals surface area contributed by atoms with E-state index in [-0.39, 0.29) is 18.9 Å². The zero-order valence-corrected chi connectivity index (χ0v) is 13.5. The van der Waals surface area contributed by atoms with E-state index in [2.05, 4.69) is 10.6 Å². The lowest BCUT2D eigenvalue weighted by Crippen LogP contribution is -2.49. The number of carbonyl (C=O) groups excluding carboxylic acids is 3. The maximum Gasteiger partial charge on any atom is 0.255 e. The zero-order chi connectivity index (χ0) is 17.4. The lowest BCUT2D eigenvalue weighted by molar-refractivity contribution is -0.142. The van der Waals surface area contributed by atoms with E-state index in [0.717, 1.165) is 0 Å². The molecule has 2 atom stereocenters. The van der Waals surface area contributed by atoms with E-state index in [1.54, 1.807) is 12.1 Å². The highest BCUT2D eigenvalue weighted by Gasteiger charge is 2.29. The number of hydrogen-bond donors (Lipinski definition) is 4. The van der Waals surface area contributed by atoms with E-state index < -0.39 is 29.7 Å². The topological polar surface area (TPSA) is 121 Å². The number of furan rings is 1. The third-order valence-electron chi connectivity index (χ3n) is 3.22. The fraction of sp³-hybridized carbons (Fsp3) is 0.533. The van der Waals surface area contributed by atoms with Gasteiger partial charge in [0.05, 0.1) is 12.8 Å². The number of rotatable bonds is 8.